The van der Waals surface area contributed by atoms with Crippen LogP contribution in [0.5, 0.6) is 5.75 Å². The smallest absolute Gasteiger partial charge is 0.308 e. The van der Waals surface area contributed by atoms with E-state index in [4.69, 9.17) is 9.84 Å². The second kappa shape index (κ2) is 8.29. The van der Waals surface area contributed by atoms with Crippen LogP contribution in [0.25, 0.3) is 0 Å². The van der Waals surface area contributed by atoms with Gasteiger partial charge in [-0.2, -0.15) is 0 Å². The van der Waals surface area contributed by atoms with Gasteiger partial charge in [-0.3, -0.25) is 9.59 Å². The maximum Gasteiger partial charge on any atom is 0.308 e. The Morgan fingerprint density at radius 2 is 1.90 bits per heavy atom. The molecule has 0 radical (unpaired) electrons. The number of hydrogen-bond acceptors (Lipinski definition) is 3. The van der Waals surface area contributed by atoms with Crippen molar-refractivity contribution in [1.29, 1.82) is 0 Å². The van der Waals surface area contributed by atoms with Gasteiger partial charge in [0.25, 0.3) is 0 Å². The standard InChI is InChI=1S/C16H23NO4/c1-4-17(11-12(2)16(19)20)15(18)10-7-13-5-8-14(21-3)9-6-13/h5-6,8-9,12H,4,7,10-11H2,1-3H3,(H,19,20). The highest BCUT2D eigenvalue weighted by Crippen LogP contribution is 2.13. The number of carboxylic acids is 1. The third kappa shape index (κ3) is 5.45. The van der Waals surface area contributed by atoms with E-state index in [0.29, 0.717) is 19.4 Å². The molecule has 0 heterocycles. The lowest BCUT2D eigenvalue weighted by atomic mass is 10.1. The third-order valence-corrected chi connectivity index (χ3v) is 3.44. The molecule has 21 heavy (non-hydrogen) atoms. The molecule has 0 aliphatic rings. The minimum Gasteiger partial charge on any atom is -0.497 e. The van der Waals surface area contributed by atoms with Crippen LogP contribution in [-0.2, 0) is 16.0 Å². The number of carbonyl (C=O) groups excluding carboxylic acids is 1. The Kier molecular flexibility index (Phi) is 6.72. The molecule has 5 nitrogen and oxygen atoms in total. The Bertz CT molecular complexity index is 470. The van der Waals surface area contributed by atoms with Gasteiger partial charge in [0.05, 0.1) is 13.0 Å². The van der Waals surface area contributed by atoms with E-state index in [0.717, 1.165) is 11.3 Å². The van der Waals surface area contributed by atoms with Crippen molar-refractivity contribution in [2.24, 2.45) is 5.92 Å². The first-order valence-electron chi connectivity index (χ1n) is 7.11. The summed E-state index contributed by atoms with van der Waals surface area (Å²) in [6.07, 6.45) is 1.02. The number of aliphatic carboxylic acids is 1. The lowest BCUT2D eigenvalue weighted by Gasteiger charge is -2.23. The maximum absolute atomic E-state index is 12.1. The van der Waals surface area contributed by atoms with Gasteiger partial charge in [-0.1, -0.05) is 19.1 Å². The molecule has 1 aromatic rings. The predicted molar refractivity (Wildman–Crippen MR) is 80.4 cm³/mol. The minimum absolute atomic E-state index is 0.0126. The Hall–Kier alpha value is -2.04. The highest BCUT2D eigenvalue weighted by molar-refractivity contribution is 5.77. The van der Waals surface area contributed by atoms with Gasteiger partial charge in [0, 0.05) is 19.5 Å². The zero-order chi connectivity index (χ0) is 15.8. The predicted octanol–water partition coefficient (Wildman–Crippen LogP) is 2.20. The SMILES string of the molecule is CCN(CC(C)C(=O)O)C(=O)CCc1ccc(OC)cc1. The van der Waals surface area contributed by atoms with Crippen LogP contribution in [0.15, 0.2) is 24.3 Å². The average molecular weight is 293 g/mol. The van der Waals surface area contributed by atoms with Crippen molar-refractivity contribution in [3.63, 3.8) is 0 Å². The van der Waals surface area contributed by atoms with Crippen LogP contribution in [0.1, 0.15) is 25.8 Å². The van der Waals surface area contributed by atoms with E-state index >= 15 is 0 Å². The Morgan fingerprint density at radius 1 is 1.29 bits per heavy atom. The lowest BCUT2D eigenvalue weighted by Crippen LogP contribution is -2.36. The zero-order valence-electron chi connectivity index (χ0n) is 12.8. The molecule has 5 heteroatoms. The summed E-state index contributed by atoms with van der Waals surface area (Å²) in [5.41, 5.74) is 1.06. The zero-order valence-corrected chi connectivity index (χ0v) is 12.8. The van der Waals surface area contributed by atoms with Crippen LogP contribution in [0.4, 0.5) is 0 Å². The first-order chi connectivity index (χ1) is 9.97. The molecule has 0 bridgehead atoms. The van der Waals surface area contributed by atoms with Crippen LogP contribution in [0, 0.1) is 5.92 Å². The van der Waals surface area contributed by atoms with E-state index < -0.39 is 11.9 Å². The summed E-state index contributed by atoms with van der Waals surface area (Å²) in [5, 5.41) is 8.92. The van der Waals surface area contributed by atoms with Crippen LogP contribution in [-0.4, -0.2) is 42.1 Å². The first-order valence-corrected chi connectivity index (χ1v) is 7.11. The van der Waals surface area contributed by atoms with Crippen molar-refractivity contribution in [3.05, 3.63) is 29.8 Å². The molecule has 1 atom stereocenters. The van der Waals surface area contributed by atoms with Gasteiger partial charge in [-0.25, -0.2) is 0 Å². The summed E-state index contributed by atoms with van der Waals surface area (Å²) in [6.45, 7) is 4.26. The molecule has 0 saturated heterocycles. The number of benzene rings is 1. The highest BCUT2D eigenvalue weighted by Gasteiger charge is 2.18. The summed E-state index contributed by atoms with van der Waals surface area (Å²) in [7, 11) is 1.61. The fourth-order valence-corrected chi connectivity index (χ4v) is 2.02. The lowest BCUT2D eigenvalue weighted by molar-refractivity contribution is -0.143. The van der Waals surface area contributed by atoms with E-state index in [1.165, 1.54) is 0 Å². The highest BCUT2D eigenvalue weighted by atomic mass is 16.5. The first kappa shape index (κ1) is 17.0. The maximum atomic E-state index is 12.1. The van der Waals surface area contributed by atoms with Crippen LogP contribution >= 0.6 is 0 Å². The number of ether oxygens (including phenoxy) is 1. The molecule has 1 rings (SSSR count). The number of carbonyl (C=O) groups is 2. The Balaban J connectivity index is 2.51. The molecule has 0 fully saturated rings. The fourth-order valence-electron chi connectivity index (χ4n) is 2.02. The molecule has 0 aromatic heterocycles. The summed E-state index contributed by atoms with van der Waals surface area (Å²) in [4.78, 5) is 24.6. The van der Waals surface area contributed by atoms with Crippen LogP contribution in [0.3, 0.4) is 0 Å². The number of aryl methyl sites for hydroxylation is 1. The molecule has 1 N–H and O–H groups in total. The van der Waals surface area contributed by atoms with Gasteiger partial charge in [-0.15, -0.1) is 0 Å². The number of amides is 1. The number of carboxylic acid groups (broad SMARTS) is 1. The van der Waals surface area contributed by atoms with Gasteiger partial charge in [-0.05, 0) is 31.0 Å². The minimum atomic E-state index is -0.878. The van der Waals surface area contributed by atoms with Crippen molar-refractivity contribution >= 4 is 11.9 Å². The second-order valence-corrected chi connectivity index (χ2v) is 5.02. The van der Waals surface area contributed by atoms with E-state index in [-0.39, 0.29) is 12.5 Å². The van der Waals surface area contributed by atoms with Crippen molar-refractivity contribution < 1.29 is 19.4 Å². The molecule has 1 unspecified atom stereocenters. The van der Waals surface area contributed by atoms with Gasteiger partial charge in [0.15, 0.2) is 0 Å². The molecular weight excluding hydrogens is 270 g/mol. The number of hydrogen-bond donors (Lipinski definition) is 1. The fraction of sp³-hybridized carbons (Fsp3) is 0.500. The molecule has 1 amide bonds. The summed E-state index contributed by atoms with van der Waals surface area (Å²) in [5.74, 6) is -0.650. The van der Waals surface area contributed by atoms with E-state index in [1.54, 1.807) is 18.9 Å². The average Bonchev–Trinajstić information content (AvgIpc) is 2.50. The second-order valence-electron chi connectivity index (χ2n) is 5.02. The van der Waals surface area contributed by atoms with Crippen molar-refractivity contribution in [2.45, 2.75) is 26.7 Å². The van der Waals surface area contributed by atoms with E-state index in [2.05, 4.69) is 0 Å². The number of nitrogens with zero attached hydrogens (tertiary/aromatic N) is 1. The van der Waals surface area contributed by atoms with Gasteiger partial charge < -0.3 is 14.7 Å². The van der Waals surface area contributed by atoms with Crippen LogP contribution in [0.2, 0.25) is 0 Å². The summed E-state index contributed by atoms with van der Waals surface area (Å²) in [6, 6.07) is 7.60. The number of rotatable bonds is 8. The van der Waals surface area contributed by atoms with Gasteiger partial charge in [0.1, 0.15) is 5.75 Å². The summed E-state index contributed by atoms with van der Waals surface area (Å²) < 4.78 is 5.09. The molecule has 1 aromatic carbocycles. The topological polar surface area (TPSA) is 66.8 Å². The molecular formula is C16H23NO4. The quantitative estimate of drug-likeness (QED) is 0.798. The molecule has 0 aliphatic heterocycles. The number of methoxy groups -OCH3 is 1. The monoisotopic (exact) mass is 293 g/mol. The largest absolute Gasteiger partial charge is 0.497 e. The summed E-state index contributed by atoms with van der Waals surface area (Å²) >= 11 is 0. The molecule has 0 aliphatic carbocycles. The normalized spacial score (nSPS) is 11.8. The van der Waals surface area contributed by atoms with E-state index in [9.17, 15) is 9.59 Å². The van der Waals surface area contributed by atoms with Gasteiger partial charge in [0.2, 0.25) is 5.91 Å². The van der Waals surface area contributed by atoms with Crippen molar-refractivity contribution in [1.82, 2.24) is 4.90 Å². The Morgan fingerprint density at radius 3 is 2.38 bits per heavy atom. The molecule has 116 valence electrons. The van der Waals surface area contributed by atoms with Crippen molar-refractivity contribution in [2.75, 3.05) is 20.2 Å². The molecule has 0 spiro atoms. The van der Waals surface area contributed by atoms with E-state index in [1.807, 2.05) is 31.2 Å². The Labute approximate surface area is 125 Å². The third-order valence-electron chi connectivity index (χ3n) is 3.44. The van der Waals surface area contributed by atoms with Crippen LogP contribution < -0.4 is 4.74 Å². The van der Waals surface area contributed by atoms with Gasteiger partial charge >= 0.3 is 5.97 Å². The molecule has 0 saturated carbocycles. The van der Waals surface area contributed by atoms with Crippen molar-refractivity contribution in [3.8, 4) is 5.75 Å².